The molecular weight excluding hydrogens is 257 g/mol. The van der Waals surface area contributed by atoms with Crippen molar-refractivity contribution in [2.75, 3.05) is 0 Å². The zero-order chi connectivity index (χ0) is 12.0. The van der Waals surface area contributed by atoms with E-state index in [9.17, 15) is 5.11 Å². The number of aliphatic hydroxyl groups excluding tert-OH is 1. The smallest absolute Gasteiger partial charge is 0.0620 e. The molecule has 2 nitrogen and oxygen atoms in total. The zero-order valence-electron chi connectivity index (χ0n) is 9.78. The summed E-state index contributed by atoms with van der Waals surface area (Å²) in [5, 5.41) is 13.7. The van der Waals surface area contributed by atoms with Crippen molar-refractivity contribution in [3.05, 3.63) is 11.6 Å². The van der Waals surface area contributed by atoms with Gasteiger partial charge in [-0.25, -0.2) is 0 Å². The van der Waals surface area contributed by atoms with Gasteiger partial charge >= 0.3 is 0 Å². The minimum Gasteiger partial charge on any atom is -0.392 e. The van der Waals surface area contributed by atoms with Crippen LogP contribution in [0.4, 0.5) is 0 Å². The summed E-state index contributed by atoms with van der Waals surface area (Å²) in [5.41, 5.74) is 1.41. The Morgan fingerprint density at radius 3 is 2.71 bits per heavy atom. The third-order valence-electron chi connectivity index (χ3n) is 4.45. The van der Waals surface area contributed by atoms with E-state index in [0.717, 1.165) is 12.8 Å². The molecule has 0 aromatic carbocycles. The maximum absolute atomic E-state index is 10.2. The molecule has 0 aromatic heterocycles. The minimum absolute atomic E-state index is 0.00138. The van der Waals surface area contributed by atoms with Gasteiger partial charge in [-0.05, 0) is 32.1 Å². The Bertz CT molecular complexity index is 333. The van der Waals surface area contributed by atoms with E-state index in [0.29, 0.717) is 18.5 Å². The number of halogens is 2. The van der Waals surface area contributed by atoms with Gasteiger partial charge in [0.2, 0.25) is 0 Å². The summed E-state index contributed by atoms with van der Waals surface area (Å²) < 4.78 is 0. The summed E-state index contributed by atoms with van der Waals surface area (Å²) in [4.78, 5) is 0. The zero-order valence-corrected chi connectivity index (χ0v) is 11.3. The average Bonchev–Trinajstić information content (AvgIpc) is 2.63. The molecule has 2 N–H and O–H groups in total. The molecule has 0 aromatic rings. The Balaban J connectivity index is 1.75. The first kappa shape index (κ1) is 12.3. The van der Waals surface area contributed by atoms with Crippen molar-refractivity contribution >= 4 is 23.2 Å². The lowest BCUT2D eigenvalue weighted by Crippen LogP contribution is -2.41. The van der Waals surface area contributed by atoms with E-state index < -0.39 is 0 Å². The van der Waals surface area contributed by atoms with Gasteiger partial charge in [0.25, 0.3) is 0 Å². The molecule has 3 aliphatic rings. The Kier molecular flexibility index (Phi) is 3.42. The normalized spacial score (nSPS) is 50.2. The SMILES string of the molecule is OC1CC(Cl)C(Cl)CC1C1=CC2CCC(C1)N2. The highest BCUT2D eigenvalue weighted by atomic mass is 35.5. The van der Waals surface area contributed by atoms with Crippen LogP contribution in [0.15, 0.2) is 11.6 Å². The van der Waals surface area contributed by atoms with Crippen LogP contribution in [-0.2, 0) is 0 Å². The fourth-order valence-electron chi connectivity index (χ4n) is 3.52. The van der Waals surface area contributed by atoms with E-state index in [2.05, 4.69) is 11.4 Å². The number of hydrogen-bond acceptors (Lipinski definition) is 2. The van der Waals surface area contributed by atoms with E-state index in [1.54, 1.807) is 0 Å². The molecule has 1 saturated heterocycles. The van der Waals surface area contributed by atoms with Crippen LogP contribution in [0, 0.1) is 5.92 Å². The first-order chi connectivity index (χ1) is 8.13. The second-order valence-electron chi connectivity index (χ2n) is 5.67. The maximum atomic E-state index is 10.2. The molecule has 0 spiro atoms. The Hall–Kier alpha value is 0.240. The lowest BCUT2D eigenvalue weighted by molar-refractivity contribution is 0.0875. The number of rotatable bonds is 1. The predicted octanol–water partition coefficient (Wildman–Crippen LogP) is 2.42. The second kappa shape index (κ2) is 4.73. The lowest BCUT2D eigenvalue weighted by Gasteiger charge is -2.37. The molecule has 2 fully saturated rings. The van der Waals surface area contributed by atoms with Crippen LogP contribution in [-0.4, -0.2) is 34.0 Å². The van der Waals surface area contributed by atoms with Gasteiger partial charge in [0.1, 0.15) is 0 Å². The molecule has 0 radical (unpaired) electrons. The van der Waals surface area contributed by atoms with Crippen molar-refractivity contribution in [2.45, 2.75) is 61.0 Å². The van der Waals surface area contributed by atoms with Crippen LogP contribution in [0.2, 0.25) is 0 Å². The fraction of sp³-hybridized carbons (Fsp3) is 0.846. The first-order valence-electron chi connectivity index (χ1n) is 6.56. The molecule has 96 valence electrons. The van der Waals surface area contributed by atoms with Crippen molar-refractivity contribution in [3.63, 3.8) is 0 Å². The van der Waals surface area contributed by atoms with Gasteiger partial charge in [0, 0.05) is 18.0 Å². The standard InChI is InChI=1S/C13H19Cl2NO/c14-11-5-10(13(17)6-12(11)15)7-3-8-1-2-9(4-7)16-8/h3,8-13,16-17H,1-2,4-6H2. The van der Waals surface area contributed by atoms with Crippen molar-refractivity contribution < 1.29 is 5.11 Å². The van der Waals surface area contributed by atoms with Crippen LogP contribution in [0.1, 0.15) is 32.1 Å². The van der Waals surface area contributed by atoms with Gasteiger partial charge in [0.05, 0.1) is 16.9 Å². The summed E-state index contributed by atoms with van der Waals surface area (Å²) in [5.74, 6) is 0.234. The van der Waals surface area contributed by atoms with Crippen molar-refractivity contribution in [1.82, 2.24) is 5.32 Å². The highest BCUT2D eigenvalue weighted by Gasteiger charge is 2.39. The highest BCUT2D eigenvalue weighted by Crippen LogP contribution is 2.40. The third-order valence-corrected chi connectivity index (χ3v) is 5.55. The molecule has 6 unspecified atom stereocenters. The first-order valence-corrected chi connectivity index (χ1v) is 7.43. The highest BCUT2D eigenvalue weighted by molar-refractivity contribution is 6.30. The van der Waals surface area contributed by atoms with Gasteiger partial charge < -0.3 is 10.4 Å². The molecule has 2 bridgehead atoms. The summed E-state index contributed by atoms with van der Waals surface area (Å²) in [6, 6.07) is 1.15. The van der Waals surface area contributed by atoms with Crippen molar-refractivity contribution in [2.24, 2.45) is 5.92 Å². The molecule has 3 rings (SSSR count). The Labute approximate surface area is 112 Å². The number of nitrogens with one attached hydrogen (secondary N) is 1. The Morgan fingerprint density at radius 2 is 1.94 bits per heavy atom. The number of aliphatic hydroxyl groups is 1. The van der Waals surface area contributed by atoms with E-state index in [1.807, 2.05) is 0 Å². The number of hydrogen-bond donors (Lipinski definition) is 2. The molecule has 17 heavy (non-hydrogen) atoms. The van der Waals surface area contributed by atoms with Gasteiger partial charge in [-0.2, -0.15) is 0 Å². The van der Waals surface area contributed by atoms with E-state index in [-0.39, 0.29) is 22.8 Å². The molecule has 0 amide bonds. The minimum atomic E-state index is -0.309. The van der Waals surface area contributed by atoms with E-state index in [4.69, 9.17) is 23.2 Å². The summed E-state index contributed by atoms with van der Waals surface area (Å²) >= 11 is 12.4. The van der Waals surface area contributed by atoms with Crippen LogP contribution >= 0.6 is 23.2 Å². The van der Waals surface area contributed by atoms with E-state index >= 15 is 0 Å². The Morgan fingerprint density at radius 1 is 1.18 bits per heavy atom. The molecule has 2 heterocycles. The van der Waals surface area contributed by atoms with Crippen LogP contribution in [0.3, 0.4) is 0 Å². The quantitative estimate of drug-likeness (QED) is 0.569. The topological polar surface area (TPSA) is 32.3 Å². The maximum Gasteiger partial charge on any atom is 0.0620 e. The van der Waals surface area contributed by atoms with E-state index in [1.165, 1.54) is 18.4 Å². The molecule has 4 heteroatoms. The molecule has 6 atom stereocenters. The van der Waals surface area contributed by atoms with Gasteiger partial charge in [-0.3, -0.25) is 0 Å². The van der Waals surface area contributed by atoms with Crippen molar-refractivity contribution in [3.8, 4) is 0 Å². The average molecular weight is 276 g/mol. The number of fused-ring (bicyclic) bond motifs is 2. The summed E-state index contributed by atoms with van der Waals surface area (Å²) in [6.45, 7) is 0. The number of alkyl halides is 2. The van der Waals surface area contributed by atoms with Crippen LogP contribution < -0.4 is 5.32 Å². The van der Waals surface area contributed by atoms with Crippen LogP contribution in [0.5, 0.6) is 0 Å². The third kappa shape index (κ3) is 2.37. The van der Waals surface area contributed by atoms with Gasteiger partial charge in [-0.15, -0.1) is 23.2 Å². The summed E-state index contributed by atoms with van der Waals surface area (Å²) in [7, 11) is 0. The fourth-order valence-corrected chi connectivity index (χ4v) is 4.10. The molecule has 1 aliphatic carbocycles. The molecular formula is C13H19Cl2NO. The van der Waals surface area contributed by atoms with Gasteiger partial charge in [0.15, 0.2) is 0 Å². The second-order valence-corrected chi connectivity index (χ2v) is 6.79. The largest absolute Gasteiger partial charge is 0.392 e. The van der Waals surface area contributed by atoms with Crippen molar-refractivity contribution in [1.29, 1.82) is 0 Å². The predicted molar refractivity (Wildman–Crippen MR) is 70.7 cm³/mol. The van der Waals surface area contributed by atoms with Gasteiger partial charge in [-0.1, -0.05) is 11.6 Å². The lowest BCUT2D eigenvalue weighted by atomic mass is 9.78. The summed E-state index contributed by atoms with van der Waals surface area (Å²) in [6.07, 6.45) is 7.04. The molecule has 2 aliphatic heterocycles. The molecule has 1 saturated carbocycles. The monoisotopic (exact) mass is 275 g/mol. The van der Waals surface area contributed by atoms with Crippen LogP contribution in [0.25, 0.3) is 0 Å².